The van der Waals surface area contributed by atoms with Gasteiger partial charge in [-0.3, -0.25) is 4.79 Å². The van der Waals surface area contributed by atoms with E-state index in [9.17, 15) is 4.79 Å². The van der Waals surface area contributed by atoms with Crippen molar-refractivity contribution in [3.05, 3.63) is 42.5 Å². The summed E-state index contributed by atoms with van der Waals surface area (Å²) in [6.45, 7) is 7.50. The summed E-state index contributed by atoms with van der Waals surface area (Å²) in [6.07, 6.45) is 2.52. The summed E-state index contributed by atoms with van der Waals surface area (Å²) < 4.78 is 5.62. The summed E-state index contributed by atoms with van der Waals surface area (Å²) >= 11 is 0. The summed E-state index contributed by atoms with van der Waals surface area (Å²) in [4.78, 5) is 10.5. The molecule has 0 heterocycles. The second-order valence-electron chi connectivity index (χ2n) is 3.60. The van der Waals surface area contributed by atoms with Gasteiger partial charge in [0.25, 0.3) is 0 Å². The largest absolute Gasteiger partial charge is 0.484 e. The molecule has 0 saturated carbocycles. The molecule has 1 aromatic carbocycles. The van der Waals surface area contributed by atoms with Crippen molar-refractivity contribution in [3.63, 3.8) is 0 Å². The molecule has 0 radical (unpaired) electrons. The highest BCUT2D eigenvalue weighted by Gasteiger charge is 2.14. The minimum Gasteiger partial charge on any atom is -0.484 e. The first-order valence-electron chi connectivity index (χ1n) is 4.45. The third kappa shape index (κ3) is 2.73. The number of hydrogen-bond donors (Lipinski definition) is 0. The number of rotatable bonds is 4. The van der Waals surface area contributed by atoms with Gasteiger partial charge in [-0.15, -0.1) is 0 Å². The smallest absolute Gasteiger partial charge is 0.150 e. The molecule has 0 unspecified atom stereocenters. The Kier molecular flexibility index (Phi) is 3.07. The van der Waals surface area contributed by atoms with Gasteiger partial charge < -0.3 is 4.74 Å². The summed E-state index contributed by atoms with van der Waals surface area (Å²) in [5, 5.41) is 0. The van der Waals surface area contributed by atoms with E-state index in [0.717, 1.165) is 6.29 Å². The molecule has 14 heavy (non-hydrogen) atoms. The van der Waals surface area contributed by atoms with Gasteiger partial charge in [0.1, 0.15) is 17.6 Å². The molecule has 0 amide bonds. The number of carbonyl (C=O) groups is 1. The maximum atomic E-state index is 10.5. The Labute approximate surface area is 84.2 Å². The van der Waals surface area contributed by atoms with E-state index in [1.807, 2.05) is 19.9 Å². The fourth-order valence-corrected chi connectivity index (χ4v) is 0.997. The van der Waals surface area contributed by atoms with Gasteiger partial charge in [-0.1, -0.05) is 18.7 Å². The lowest BCUT2D eigenvalue weighted by molar-refractivity contribution is 0.112. The molecular weight excluding hydrogens is 176 g/mol. The standard InChI is InChI=1S/C12H14O2/c1-4-12(2,3)14-11-7-5-6-10(8-11)9-13/h4-9H,1H2,2-3H3. The van der Waals surface area contributed by atoms with Gasteiger partial charge in [0, 0.05) is 5.56 Å². The lowest BCUT2D eigenvalue weighted by Gasteiger charge is -2.22. The molecule has 74 valence electrons. The van der Waals surface area contributed by atoms with Crippen molar-refractivity contribution in [1.29, 1.82) is 0 Å². The van der Waals surface area contributed by atoms with E-state index < -0.39 is 5.60 Å². The predicted octanol–water partition coefficient (Wildman–Crippen LogP) is 2.84. The van der Waals surface area contributed by atoms with Gasteiger partial charge in [-0.25, -0.2) is 0 Å². The predicted molar refractivity (Wildman–Crippen MR) is 56.7 cm³/mol. The minimum absolute atomic E-state index is 0.415. The first kappa shape index (κ1) is 10.5. The molecule has 1 aromatic rings. The molecular formula is C12H14O2. The van der Waals surface area contributed by atoms with Crippen molar-refractivity contribution in [3.8, 4) is 5.75 Å². The fourth-order valence-electron chi connectivity index (χ4n) is 0.997. The van der Waals surface area contributed by atoms with Crippen molar-refractivity contribution < 1.29 is 9.53 Å². The number of benzene rings is 1. The van der Waals surface area contributed by atoms with Crippen LogP contribution in [0.2, 0.25) is 0 Å². The molecule has 0 spiro atoms. The topological polar surface area (TPSA) is 26.3 Å². The molecule has 2 heteroatoms. The van der Waals surface area contributed by atoms with Gasteiger partial charge in [0.05, 0.1) is 0 Å². The van der Waals surface area contributed by atoms with Gasteiger partial charge in [-0.2, -0.15) is 0 Å². The van der Waals surface area contributed by atoms with E-state index in [-0.39, 0.29) is 0 Å². The molecule has 0 N–H and O–H groups in total. The Hall–Kier alpha value is -1.57. The molecule has 0 aliphatic rings. The number of aldehydes is 1. The number of hydrogen-bond acceptors (Lipinski definition) is 2. The van der Waals surface area contributed by atoms with Crippen LogP contribution in [-0.2, 0) is 0 Å². The number of carbonyl (C=O) groups excluding carboxylic acids is 1. The van der Waals surface area contributed by atoms with Crippen LogP contribution in [0.3, 0.4) is 0 Å². The van der Waals surface area contributed by atoms with Crippen molar-refractivity contribution in [2.24, 2.45) is 0 Å². The second kappa shape index (κ2) is 4.09. The van der Waals surface area contributed by atoms with Gasteiger partial charge in [-0.05, 0) is 32.1 Å². The average Bonchev–Trinajstić information content (AvgIpc) is 2.17. The Morgan fingerprint density at radius 3 is 2.71 bits per heavy atom. The Morgan fingerprint density at radius 2 is 2.14 bits per heavy atom. The normalized spacial score (nSPS) is 10.7. The van der Waals surface area contributed by atoms with Crippen molar-refractivity contribution in [2.75, 3.05) is 0 Å². The maximum absolute atomic E-state index is 10.5. The Balaban J connectivity index is 2.86. The van der Waals surface area contributed by atoms with Gasteiger partial charge >= 0.3 is 0 Å². The van der Waals surface area contributed by atoms with Crippen LogP contribution < -0.4 is 4.74 Å². The molecule has 0 fully saturated rings. The van der Waals surface area contributed by atoms with Crippen LogP contribution in [0.1, 0.15) is 24.2 Å². The summed E-state index contributed by atoms with van der Waals surface area (Å²) in [7, 11) is 0. The second-order valence-corrected chi connectivity index (χ2v) is 3.60. The highest BCUT2D eigenvalue weighted by Crippen LogP contribution is 2.19. The summed E-state index contributed by atoms with van der Waals surface area (Å²) in [5.41, 5.74) is 0.198. The molecule has 0 saturated heterocycles. The number of ether oxygens (including phenoxy) is 1. The lowest BCUT2D eigenvalue weighted by atomic mass is 10.1. The zero-order chi connectivity index (χ0) is 10.6. The van der Waals surface area contributed by atoms with Crippen LogP contribution in [0.4, 0.5) is 0 Å². The minimum atomic E-state index is -0.415. The monoisotopic (exact) mass is 190 g/mol. The van der Waals surface area contributed by atoms with Crippen LogP contribution in [-0.4, -0.2) is 11.9 Å². The van der Waals surface area contributed by atoms with E-state index in [1.54, 1.807) is 24.3 Å². The average molecular weight is 190 g/mol. The van der Waals surface area contributed by atoms with E-state index in [2.05, 4.69) is 6.58 Å². The molecule has 0 atom stereocenters. The van der Waals surface area contributed by atoms with E-state index in [0.29, 0.717) is 11.3 Å². The quantitative estimate of drug-likeness (QED) is 0.539. The highest BCUT2D eigenvalue weighted by molar-refractivity contribution is 5.75. The van der Waals surface area contributed by atoms with Gasteiger partial charge in [0.15, 0.2) is 0 Å². The van der Waals surface area contributed by atoms with Crippen LogP contribution in [0.15, 0.2) is 36.9 Å². The summed E-state index contributed by atoms with van der Waals surface area (Å²) in [5.74, 6) is 0.680. The van der Waals surface area contributed by atoms with Crippen molar-refractivity contribution >= 4 is 6.29 Å². The zero-order valence-corrected chi connectivity index (χ0v) is 8.49. The molecule has 1 rings (SSSR count). The third-order valence-electron chi connectivity index (χ3n) is 1.87. The van der Waals surface area contributed by atoms with Crippen LogP contribution in [0, 0.1) is 0 Å². The summed E-state index contributed by atoms with van der Waals surface area (Å²) in [6, 6.07) is 7.05. The van der Waals surface area contributed by atoms with Gasteiger partial charge in [0.2, 0.25) is 0 Å². The highest BCUT2D eigenvalue weighted by atomic mass is 16.5. The SMILES string of the molecule is C=CC(C)(C)Oc1cccc(C=O)c1. The van der Waals surface area contributed by atoms with Crippen LogP contribution in [0.25, 0.3) is 0 Å². The van der Waals surface area contributed by atoms with Crippen molar-refractivity contribution in [1.82, 2.24) is 0 Å². The Bertz CT molecular complexity index is 340. The van der Waals surface area contributed by atoms with Crippen molar-refractivity contribution in [2.45, 2.75) is 19.4 Å². The molecule has 0 aliphatic heterocycles. The maximum Gasteiger partial charge on any atom is 0.150 e. The zero-order valence-electron chi connectivity index (χ0n) is 8.49. The molecule has 0 aliphatic carbocycles. The molecule has 0 aromatic heterocycles. The molecule has 2 nitrogen and oxygen atoms in total. The fraction of sp³-hybridized carbons (Fsp3) is 0.250. The lowest BCUT2D eigenvalue weighted by Crippen LogP contribution is -2.24. The van der Waals surface area contributed by atoms with E-state index in [1.165, 1.54) is 0 Å². The third-order valence-corrected chi connectivity index (χ3v) is 1.87. The van der Waals surface area contributed by atoms with E-state index >= 15 is 0 Å². The van der Waals surface area contributed by atoms with Crippen LogP contribution in [0.5, 0.6) is 5.75 Å². The first-order valence-corrected chi connectivity index (χ1v) is 4.45. The Morgan fingerprint density at radius 1 is 1.43 bits per heavy atom. The molecule has 0 bridgehead atoms. The first-order chi connectivity index (χ1) is 6.57. The van der Waals surface area contributed by atoms with E-state index in [4.69, 9.17) is 4.74 Å². The van der Waals surface area contributed by atoms with Crippen LogP contribution >= 0.6 is 0 Å².